The highest BCUT2D eigenvalue weighted by molar-refractivity contribution is 8.13. The number of halogens is 1. The van der Waals surface area contributed by atoms with Gasteiger partial charge in [-0.2, -0.15) is 0 Å². The zero-order chi connectivity index (χ0) is 9.19. The molecule has 0 N–H and O–H groups in total. The first-order valence-electron chi connectivity index (χ1n) is 3.31. The molecule has 0 aromatic carbocycles. The van der Waals surface area contributed by atoms with E-state index in [0.29, 0.717) is 6.42 Å². The summed E-state index contributed by atoms with van der Waals surface area (Å²) in [7, 11) is 1.66. The lowest BCUT2D eigenvalue weighted by Crippen LogP contribution is -2.00. The van der Waals surface area contributed by atoms with E-state index in [9.17, 15) is 8.42 Å². The Hall–Kier alpha value is -0.130. The van der Waals surface area contributed by atoms with Gasteiger partial charge in [-0.1, -0.05) is 0 Å². The Balaban J connectivity index is 2.55. The maximum atomic E-state index is 10.6. The summed E-state index contributed by atoms with van der Waals surface area (Å²) in [6.45, 7) is 1.87. The van der Waals surface area contributed by atoms with Crippen LogP contribution in [0.25, 0.3) is 0 Å². The number of nitrogens with zero attached hydrogens (tertiary/aromatic N) is 1. The minimum Gasteiger partial charge on any atom is -0.247 e. The van der Waals surface area contributed by atoms with Crippen molar-refractivity contribution in [3.05, 3.63) is 16.1 Å². The van der Waals surface area contributed by atoms with Crippen LogP contribution in [-0.4, -0.2) is 19.2 Å². The fourth-order valence-electron chi connectivity index (χ4n) is 0.727. The van der Waals surface area contributed by atoms with Crippen molar-refractivity contribution < 1.29 is 8.42 Å². The molecular formula is C6H8ClNO2S2. The molecule has 1 heterocycles. The van der Waals surface area contributed by atoms with Crippen LogP contribution in [0.5, 0.6) is 0 Å². The van der Waals surface area contributed by atoms with Gasteiger partial charge in [0.05, 0.1) is 10.8 Å². The minimum atomic E-state index is -3.37. The van der Waals surface area contributed by atoms with Crippen LogP contribution in [0.1, 0.15) is 10.7 Å². The Kier molecular flexibility index (Phi) is 3.09. The number of hydrogen-bond acceptors (Lipinski definition) is 4. The van der Waals surface area contributed by atoms with E-state index in [0.717, 1.165) is 10.7 Å². The fourth-order valence-corrected chi connectivity index (χ4v) is 2.30. The second-order valence-corrected chi connectivity index (χ2v) is 6.21. The first-order chi connectivity index (χ1) is 5.47. The van der Waals surface area contributed by atoms with Gasteiger partial charge in [-0.25, -0.2) is 13.4 Å². The molecule has 0 amide bonds. The number of hydrogen-bond donors (Lipinski definition) is 0. The standard InChI is InChI=1S/C6H8ClNO2S2/c1-5-4-11-6(8-5)2-3-12(7,9)10/h4H,2-3H2,1H3. The second-order valence-electron chi connectivity index (χ2n) is 2.38. The maximum Gasteiger partial charge on any atom is 0.233 e. The molecule has 0 bridgehead atoms. The fraction of sp³-hybridized carbons (Fsp3) is 0.500. The van der Waals surface area contributed by atoms with Gasteiger partial charge in [-0.15, -0.1) is 11.3 Å². The van der Waals surface area contributed by atoms with Crippen LogP contribution in [0, 0.1) is 6.92 Å². The molecule has 0 aliphatic rings. The quantitative estimate of drug-likeness (QED) is 0.734. The molecule has 1 aromatic rings. The first-order valence-corrected chi connectivity index (χ1v) is 6.66. The predicted octanol–water partition coefficient (Wildman–Crippen LogP) is 1.56. The average molecular weight is 226 g/mol. The molecule has 0 saturated carbocycles. The van der Waals surface area contributed by atoms with Gasteiger partial charge in [-0.05, 0) is 6.92 Å². The van der Waals surface area contributed by atoms with Crippen LogP contribution in [0.2, 0.25) is 0 Å². The minimum absolute atomic E-state index is 0.0402. The third kappa shape index (κ3) is 3.51. The summed E-state index contributed by atoms with van der Waals surface area (Å²) in [6.07, 6.45) is 0.407. The Labute approximate surface area is 79.8 Å². The van der Waals surface area contributed by atoms with Crippen LogP contribution in [0.4, 0.5) is 0 Å². The van der Waals surface area contributed by atoms with Gasteiger partial charge in [0, 0.05) is 28.2 Å². The molecule has 0 unspecified atom stereocenters. The number of aromatic nitrogens is 1. The summed E-state index contributed by atoms with van der Waals surface area (Å²) in [5.74, 6) is -0.0402. The van der Waals surface area contributed by atoms with Gasteiger partial charge < -0.3 is 0 Å². The van der Waals surface area contributed by atoms with Crippen molar-refractivity contribution in [1.82, 2.24) is 4.98 Å². The van der Waals surface area contributed by atoms with Crippen molar-refractivity contribution in [1.29, 1.82) is 0 Å². The zero-order valence-electron chi connectivity index (χ0n) is 6.45. The molecule has 0 aliphatic heterocycles. The lowest BCUT2D eigenvalue weighted by molar-refractivity contribution is 0.608. The molecule has 0 radical (unpaired) electrons. The monoisotopic (exact) mass is 225 g/mol. The highest BCUT2D eigenvalue weighted by Gasteiger charge is 2.07. The average Bonchev–Trinajstić information content (AvgIpc) is 2.30. The van der Waals surface area contributed by atoms with Crippen LogP contribution in [0.15, 0.2) is 5.38 Å². The van der Waals surface area contributed by atoms with Crippen molar-refractivity contribution >= 4 is 31.1 Å². The number of aryl methyl sites for hydroxylation is 2. The third-order valence-electron chi connectivity index (χ3n) is 1.23. The van der Waals surface area contributed by atoms with Crippen LogP contribution < -0.4 is 0 Å². The maximum absolute atomic E-state index is 10.6. The van der Waals surface area contributed by atoms with E-state index in [1.165, 1.54) is 11.3 Å². The van der Waals surface area contributed by atoms with E-state index >= 15 is 0 Å². The van der Waals surface area contributed by atoms with Gasteiger partial charge in [-0.3, -0.25) is 0 Å². The third-order valence-corrected chi connectivity index (χ3v) is 3.41. The molecule has 0 aliphatic carbocycles. The van der Waals surface area contributed by atoms with Crippen molar-refractivity contribution in [3.63, 3.8) is 0 Å². The van der Waals surface area contributed by atoms with Crippen molar-refractivity contribution in [2.24, 2.45) is 0 Å². The smallest absolute Gasteiger partial charge is 0.233 e. The predicted molar refractivity (Wildman–Crippen MR) is 50.2 cm³/mol. The Morgan fingerprint density at radius 1 is 1.67 bits per heavy atom. The lowest BCUT2D eigenvalue weighted by Gasteiger charge is -1.91. The topological polar surface area (TPSA) is 47.0 Å². The van der Waals surface area contributed by atoms with E-state index in [1.807, 2.05) is 12.3 Å². The molecule has 0 spiro atoms. The van der Waals surface area contributed by atoms with E-state index in [4.69, 9.17) is 10.7 Å². The first kappa shape index (κ1) is 9.95. The Morgan fingerprint density at radius 2 is 2.33 bits per heavy atom. The summed E-state index contributed by atoms with van der Waals surface area (Å²) >= 11 is 1.46. The SMILES string of the molecule is Cc1csc(CCS(=O)(=O)Cl)n1. The molecule has 3 nitrogen and oxygen atoms in total. The summed E-state index contributed by atoms with van der Waals surface area (Å²) < 4.78 is 21.1. The van der Waals surface area contributed by atoms with Crippen LogP contribution >= 0.6 is 22.0 Å². The van der Waals surface area contributed by atoms with E-state index in [-0.39, 0.29) is 5.75 Å². The zero-order valence-corrected chi connectivity index (χ0v) is 8.84. The lowest BCUT2D eigenvalue weighted by atomic mass is 10.5. The van der Waals surface area contributed by atoms with Crippen molar-refractivity contribution in [3.8, 4) is 0 Å². The normalized spacial score (nSPS) is 11.8. The highest BCUT2D eigenvalue weighted by Crippen LogP contribution is 2.11. The molecule has 68 valence electrons. The van der Waals surface area contributed by atoms with Gasteiger partial charge in [0.2, 0.25) is 9.05 Å². The summed E-state index contributed by atoms with van der Waals surface area (Å²) in [5.41, 5.74) is 0.918. The summed E-state index contributed by atoms with van der Waals surface area (Å²) in [4.78, 5) is 4.11. The highest BCUT2D eigenvalue weighted by atomic mass is 35.7. The largest absolute Gasteiger partial charge is 0.247 e. The Bertz CT molecular complexity index is 357. The molecule has 1 rings (SSSR count). The number of thiazole rings is 1. The molecule has 0 saturated heterocycles. The van der Waals surface area contributed by atoms with Crippen LogP contribution in [-0.2, 0) is 15.5 Å². The van der Waals surface area contributed by atoms with E-state index < -0.39 is 9.05 Å². The van der Waals surface area contributed by atoms with Crippen molar-refractivity contribution in [2.75, 3.05) is 5.75 Å². The van der Waals surface area contributed by atoms with Gasteiger partial charge in [0.25, 0.3) is 0 Å². The molecule has 12 heavy (non-hydrogen) atoms. The molecular weight excluding hydrogens is 218 g/mol. The van der Waals surface area contributed by atoms with Crippen LogP contribution in [0.3, 0.4) is 0 Å². The molecule has 6 heteroatoms. The molecule has 0 fully saturated rings. The Morgan fingerprint density at radius 3 is 2.75 bits per heavy atom. The second kappa shape index (κ2) is 3.72. The van der Waals surface area contributed by atoms with Gasteiger partial charge >= 0.3 is 0 Å². The summed E-state index contributed by atoms with van der Waals surface area (Å²) in [6, 6.07) is 0. The molecule has 1 aromatic heterocycles. The van der Waals surface area contributed by atoms with Crippen molar-refractivity contribution in [2.45, 2.75) is 13.3 Å². The van der Waals surface area contributed by atoms with E-state index in [2.05, 4.69) is 4.98 Å². The van der Waals surface area contributed by atoms with Gasteiger partial charge in [0.1, 0.15) is 0 Å². The van der Waals surface area contributed by atoms with E-state index in [1.54, 1.807) is 0 Å². The molecule has 0 atom stereocenters. The number of rotatable bonds is 3. The summed E-state index contributed by atoms with van der Waals surface area (Å²) in [5, 5.41) is 2.70. The van der Waals surface area contributed by atoms with Gasteiger partial charge in [0.15, 0.2) is 0 Å².